The van der Waals surface area contributed by atoms with E-state index in [2.05, 4.69) is 26.7 Å². The van der Waals surface area contributed by atoms with E-state index in [1.165, 1.54) is 6.20 Å². The van der Waals surface area contributed by atoms with Crippen molar-refractivity contribution in [3.05, 3.63) is 34.3 Å². The smallest absolute Gasteiger partial charge is 0.252 e. The van der Waals surface area contributed by atoms with Crippen molar-refractivity contribution in [1.82, 2.24) is 20.0 Å². The molecule has 1 aliphatic heterocycles. The Morgan fingerprint density at radius 2 is 2.29 bits per heavy atom. The molecule has 2 aromatic rings. The summed E-state index contributed by atoms with van der Waals surface area (Å²) in [5.41, 5.74) is 8.89. The molecule has 0 saturated heterocycles. The van der Waals surface area contributed by atoms with Crippen molar-refractivity contribution in [3.8, 4) is 6.07 Å². The Kier molecular flexibility index (Phi) is 4.16. The summed E-state index contributed by atoms with van der Waals surface area (Å²) < 4.78 is 1.84. The maximum atomic E-state index is 11.5. The van der Waals surface area contributed by atoms with E-state index in [9.17, 15) is 10.1 Å². The van der Waals surface area contributed by atoms with Crippen molar-refractivity contribution in [3.63, 3.8) is 0 Å². The molecule has 0 aliphatic carbocycles. The van der Waals surface area contributed by atoms with Crippen LogP contribution in [0.4, 0.5) is 5.82 Å². The van der Waals surface area contributed by atoms with Crippen molar-refractivity contribution in [2.24, 2.45) is 11.7 Å². The van der Waals surface area contributed by atoms with Crippen LogP contribution < -0.4 is 11.1 Å². The molecular formula is C16H19N7O. The zero-order valence-corrected chi connectivity index (χ0v) is 13.7. The maximum Gasteiger partial charge on any atom is 0.252 e. The summed E-state index contributed by atoms with van der Waals surface area (Å²) in [4.78, 5) is 11.5. The highest BCUT2D eigenvalue weighted by Crippen LogP contribution is 2.24. The molecule has 0 spiro atoms. The number of nitriles is 1. The molecule has 0 fully saturated rings. The number of rotatable bonds is 4. The SMILES string of the molecule is Cc1nnc(NCC2CCn3ncc(C(N)=O)c3C2)c(C#N)c1C. The van der Waals surface area contributed by atoms with Crippen LogP contribution in [-0.2, 0) is 13.0 Å². The van der Waals surface area contributed by atoms with Crippen LogP contribution in [0, 0.1) is 31.1 Å². The maximum absolute atomic E-state index is 11.5. The minimum atomic E-state index is -0.448. The molecule has 1 atom stereocenters. The first-order valence-corrected chi connectivity index (χ1v) is 7.83. The number of aromatic nitrogens is 4. The first kappa shape index (κ1) is 15.9. The number of nitrogens with zero attached hydrogens (tertiary/aromatic N) is 5. The number of primary amides is 1. The molecule has 0 aromatic carbocycles. The second-order valence-electron chi connectivity index (χ2n) is 6.08. The Bertz CT molecular complexity index is 834. The van der Waals surface area contributed by atoms with E-state index in [4.69, 9.17) is 5.73 Å². The lowest BCUT2D eigenvalue weighted by Crippen LogP contribution is -2.27. The number of carbonyl (C=O) groups excluding carboxylic acids is 1. The molecular weight excluding hydrogens is 306 g/mol. The number of nitrogens with one attached hydrogen (secondary N) is 1. The summed E-state index contributed by atoms with van der Waals surface area (Å²) in [7, 11) is 0. The van der Waals surface area contributed by atoms with Crippen LogP contribution in [0.15, 0.2) is 6.20 Å². The molecule has 1 amide bonds. The summed E-state index contributed by atoms with van der Waals surface area (Å²) in [5, 5.41) is 25.0. The van der Waals surface area contributed by atoms with Gasteiger partial charge in [0.25, 0.3) is 5.91 Å². The second-order valence-corrected chi connectivity index (χ2v) is 6.08. The highest BCUT2D eigenvalue weighted by atomic mass is 16.1. The molecule has 3 N–H and O–H groups in total. The largest absolute Gasteiger partial charge is 0.367 e. The van der Waals surface area contributed by atoms with Crippen LogP contribution in [0.25, 0.3) is 0 Å². The monoisotopic (exact) mass is 325 g/mol. The number of hydrogen-bond donors (Lipinski definition) is 2. The van der Waals surface area contributed by atoms with Gasteiger partial charge in [0.15, 0.2) is 5.82 Å². The number of anilines is 1. The van der Waals surface area contributed by atoms with E-state index < -0.39 is 5.91 Å². The Balaban J connectivity index is 1.73. The van der Waals surface area contributed by atoms with Crippen molar-refractivity contribution in [2.45, 2.75) is 33.2 Å². The molecule has 2 aromatic heterocycles. The first-order valence-electron chi connectivity index (χ1n) is 7.83. The number of aryl methyl sites for hydroxylation is 2. The Labute approximate surface area is 139 Å². The third-order valence-electron chi connectivity index (χ3n) is 4.57. The summed E-state index contributed by atoms with van der Waals surface area (Å²) in [6, 6.07) is 2.19. The molecule has 0 radical (unpaired) electrons. The van der Waals surface area contributed by atoms with E-state index in [1.807, 2.05) is 18.5 Å². The van der Waals surface area contributed by atoms with E-state index in [0.29, 0.717) is 35.8 Å². The Morgan fingerprint density at radius 3 is 3.00 bits per heavy atom. The van der Waals surface area contributed by atoms with Crippen LogP contribution in [0.1, 0.15) is 39.3 Å². The lowest BCUT2D eigenvalue weighted by atomic mass is 9.94. The van der Waals surface area contributed by atoms with E-state index >= 15 is 0 Å². The molecule has 1 unspecified atom stereocenters. The third-order valence-corrected chi connectivity index (χ3v) is 4.57. The molecule has 3 rings (SSSR count). The Morgan fingerprint density at radius 1 is 1.50 bits per heavy atom. The summed E-state index contributed by atoms with van der Waals surface area (Å²) in [6.07, 6.45) is 3.18. The lowest BCUT2D eigenvalue weighted by molar-refractivity contribution is 0.0998. The number of amides is 1. The highest BCUT2D eigenvalue weighted by molar-refractivity contribution is 5.93. The minimum Gasteiger partial charge on any atom is -0.367 e. The van der Waals surface area contributed by atoms with E-state index in [0.717, 1.165) is 29.9 Å². The number of hydrogen-bond acceptors (Lipinski definition) is 6. The van der Waals surface area contributed by atoms with Gasteiger partial charge in [0.05, 0.1) is 23.1 Å². The molecule has 1 aliphatic rings. The second kappa shape index (κ2) is 6.28. The molecule has 124 valence electrons. The number of nitrogens with two attached hydrogens (primary N) is 1. The van der Waals surface area contributed by atoms with Gasteiger partial charge < -0.3 is 11.1 Å². The predicted molar refractivity (Wildman–Crippen MR) is 87.3 cm³/mol. The van der Waals surface area contributed by atoms with Gasteiger partial charge in [0.2, 0.25) is 0 Å². The third kappa shape index (κ3) is 2.80. The fourth-order valence-corrected chi connectivity index (χ4v) is 2.99. The van der Waals surface area contributed by atoms with Gasteiger partial charge in [-0.25, -0.2) is 0 Å². The summed E-state index contributed by atoms with van der Waals surface area (Å²) in [5.74, 6) is 0.369. The number of fused-ring (bicyclic) bond motifs is 1. The van der Waals surface area contributed by atoms with Gasteiger partial charge >= 0.3 is 0 Å². The molecule has 0 saturated carbocycles. The normalized spacial score (nSPS) is 16.3. The highest BCUT2D eigenvalue weighted by Gasteiger charge is 2.24. The zero-order valence-electron chi connectivity index (χ0n) is 13.7. The van der Waals surface area contributed by atoms with Crippen LogP contribution in [-0.4, -0.2) is 32.4 Å². The predicted octanol–water partition coefficient (Wildman–Crippen LogP) is 0.935. The first-order chi connectivity index (χ1) is 11.5. The molecule has 8 nitrogen and oxygen atoms in total. The van der Waals surface area contributed by atoms with Gasteiger partial charge in [-0.2, -0.15) is 15.5 Å². The number of carbonyl (C=O) groups is 1. The standard InChI is InChI=1S/C16H19N7O/c1-9-10(2)21-22-16(12(9)6-17)19-7-11-3-4-23-14(5-11)13(8-20-23)15(18)24/h8,11H,3-5,7H2,1-2H3,(H2,18,24)(H,19,22). The van der Waals surface area contributed by atoms with Gasteiger partial charge in [0.1, 0.15) is 11.6 Å². The molecule has 24 heavy (non-hydrogen) atoms. The fraction of sp³-hybridized carbons (Fsp3) is 0.438. The van der Waals surface area contributed by atoms with Crippen LogP contribution >= 0.6 is 0 Å². The molecule has 8 heteroatoms. The van der Waals surface area contributed by atoms with Crippen molar-refractivity contribution >= 4 is 11.7 Å². The Hall–Kier alpha value is -2.95. The summed E-state index contributed by atoms with van der Waals surface area (Å²) in [6.45, 7) is 5.10. The van der Waals surface area contributed by atoms with Gasteiger partial charge in [-0.3, -0.25) is 9.48 Å². The van der Waals surface area contributed by atoms with Gasteiger partial charge in [-0.15, -0.1) is 5.10 Å². The van der Waals surface area contributed by atoms with Crippen molar-refractivity contribution in [2.75, 3.05) is 11.9 Å². The van der Waals surface area contributed by atoms with Crippen molar-refractivity contribution in [1.29, 1.82) is 5.26 Å². The molecule has 0 bridgehead atoms. The van der Waals surface area contributed by atoms with Gasteiger partial charge in [-0.1, -0.05) is 0 Å². The topological polar surface area (TPSA) is 123 Å². The van der Waals surface area contributed by atoms with Gasteiger partial charge in [-0.05, 0) is 38.2 Å². The van der Waals surface area contributed by atoms with Crippen LogP contribution in [0.3, 0.4) is 0 Å². The molecule has 3 heterocycles. The average molecular weight is 325 g/mol. The van der Waals surface area contributed by atoms with E-state index in [-0.39, 0.29) is 0 Å². The van der Waals surface area contributed by atoms with Gasteiger partial charge in [0, 0.05) is 13.1 Å². The van der Waals surface area contributed by atoms with Crippen molar-refractivity contribution < 1.29 is 4.79 Å². The quantitative estimate of drug-likeness (QED) is 0.862. The van der Waals surface area contributed by atoms with Crippen LogP contribution in [0.2, 0.25) is 0 Å². The zero-order chi connectivity index (χ0) is 17.3. The van der Waals surface area contributed by atoms with Crippen LogP contribution in [0.5, 0.6) is 0 Å². The van der Waals surface area contributed by atoms with E-state index in [1.54, 1.807) is 0 Å². The fourth-order valence-electron chi connectivity index (χ4n) is 2.99. The average Bonchev–Trinajstić information content (AvgIpc) is 2.99. The summed E-state index contributed by atoms with van der Waals surface area (Å²) >= 11 is 0. The lowest BCUT2D eigenvalue weighted by Gasteiger charge is -2.24. The minimum absolute atomic E-state index is 0.308.